The Labute approximate surface area is 149 Å². The van der Waals surface area contributed by atoms with E-state index in [0.29, 0.717) is 12.2 Å². The van der Waals surface area contributed by atoms with E-state index in [1.165, 1.54) is 30.6 Å². The molecule has 0 saturated carbocycles. The number of carbonyl (C=O) groups excluding carboxylic acids is 2. The summed E-state index contributed by atoms with van der Waals surface area (Å²) in [5, 5.41) is 21.8. The lowest BCUT2D eigenvalue weighted by molar-refractivity contribution is -0.160. The lowest BCUT2D eigenvalue weighted by Crippen LogP contribution is -2.63. The van der Waals surface area contributed by atoms with Crippen molar-refractivity contribution in [1.29, 1.82) is 0 Å². The number of rotatable bonds is 8. The molecular weight excluding hydrogens is 352 g/mol. The number of carbonyl (C=O) groups is 3. The normalized spacial score (nSPS) is 32.7. The molecule has 2 amide bonds. The first-order valence-electron chi connectivity index (χ1n) is 7.67. The van der Waals surface area contributed by atoms with Crippen molar-refractivity contribution in [2.24, 2.45) is 5.92 Å². The molecule has 134 valence electrons. The Morgan fingerprint density at radius 3 is 2.75 bits per heavy atom. The molecule has 2 aliphatic heterocycles. The van der Waals surface area contributed by atoms with Crippen molar-refractivity contribution in [2.75, 3.05) is 12.8 Å². The molecule has 7 nitrogen and oxygen atoms in total. The molecule has 0 bridgehead atoms. The first kappa shape index (κ1) is 19.1. The van der Waals surface area contributed by atoms with E-state index in [-0.39, 0.29) is 23.6 Å². The minimum atomic E-state index is -1.26. The standard InChI is InChI=1S/C15H22N2O5S2/c1-4-5-9-15(14(21)22,23-7-6-10(19)16-3)24-13-11(8(2)18)12(20)17(9)13/h4,8-9,11,13,18H,1,5-7H2,2-3H3,(H,16,19)(H,21,22)/t8?,9?,11-,13+,15?/m0/s1. The highest BCUT2D eigenvalue weighted by Crippen LogP contribution is 2.59. The van der Waals surface area contributed by atoms with Crippen LogP contribution in [-0.4, -0.2) is 67.3 Å². The summed E-state index contributed by atoms with van der Waals surface area (Å²) in [4.78, 5) is 37.4. The van der Waals surface area contributed by atoms with Crippen molar-refractivity contribution < 1.29 is 24.6 Å². The topological polar surface area (TPSA) is 107 Å². The molecule has 2 rings (SSSR count). The highest BCUT2D eigenvalue weighted by molar-refractivity contribution is 8.20. The van der Waals surface area contributed by atoms with Crippen LogP contribution in [-0.2, 0) is 14.4 Å². The molecule has 5 atom stereocenters. The van der Waals surface area contributed by atoms with Gasteiger partial charge in [-0.25, -0.2) is 4.79 Å². The van der Waals surface area contributed by atoms with Gasteiger partial charge < -0.3 is 20.4 Å². The van der Waals surface area contributed by atoms with Crippen LogP contribution in [0.2, 0.25) is 0 Å². The first-order chi connectivity index (χ1) is 11.3. The maximum atomic E-state index is 12.4. The van der Waals surface area contributed by atoms with Gasteiger partial charge in [-0.05, 0) is 13.3 Å². The Morgan fingerprint density at radius 2 is 2.25 bits per heavy atom. The lowest BCUT2D eigenvalue weighted by atomic mass is 9.89. The van der Waals surface area contributed by atoms with Gasteiger partial charge in [0.15, 0.2) is 4.08 Å². The van der Waals surface area contributed by atoms with Gasteiger partial charge in [-0.15, -0.1) is 30.1 Å². The maximum absolute atomic E-state index is 12.4. The average Bonchev–Trinajstić information content (AvgIpc) is 2.78. The van der Waals surface area contributed by atoms with Gasteiger partial charge in [0.1, 0.15) is 0 Å². The fourth-order valence-corrected chi connectivity index (χ4v) is 6.70. The van der Waals surface area contributed by atoms with Crippen LogP contribution in [0.25, 0.3) is 0 Å². The van der Waals surface area contributed by atoms with E-state index >= 15 is 0 Å². The van der Waals surface area contributed by atoms with Crippen molar-refractivity contribution in [3.63, 3.8) is 0 Å². The van der Waals surface area contributed by atoms with E-state index in [9.17, 15) is 24.6 Å². The second kappa shape index (κ2) is 7.37. The van der Waals surface area contributed by atoms with E-state index < -0.39 is 28.1 Å². The fraction of sp³-hybridized carbons (Fsp3) is 0.667. The van der Waals surface area contributed by atoms with Crippen LogP contribution in [0.1, 0.15) is 19.8 Å². The number of aliphatic hydroxyl groups excluding tert-OH is 1. The molecule has 0 aromatic heterocycles. The van der Waals surface area contributed by atoms with Crippen LogP contribution in [0.3, 0.4) is 0 Å². The largest absolute Gasteiger partial charge is 0.480 e. The molecule has 0 spiro atoms. The second-order valence-corrected chi connectivity index (χ2v) is 8.77. The van der Waals surface area contributed by atoms with Crippen molar-refractivity contribution in [3.05, 3.63) is 12.7 Å². The molecule has 0 aromatic carbocycles. The molecule has 3 N–H and O–H groups in total. The molecule has 0 aliphatic carbocycles. The Kier molecular flexibility index (Phi) is 5.87. The molecule has 2 aliphatic rings. The first-order valence-corrected chi connectivity index (χ1v) is 9.53. The van der Waals surface area contributed by atoms with E-state index in [0.717, 1.165) is 0 Å². The molecular formula is C15H22N2O5S2. The minimum Gasteiger partial charge on any atom is -0.480 e. The van der Waals surface area contributed by atoms with E-state index in [1.807, 2.05) is 0 Å². The zero-order valence-corrected chi connectivity index (χ0v) is 15.2. The van der Waals surface area contributed by atoms with Crippen molar-refractivity contribution in [2.45, 2.75) is 41.4 Å². The third-order valence-corrected chi connectivity index (χ3v) is 7.81. The molecule has 24 heavy (non-hydrogen) atoms. The number of nitrogens with zero attached hydrogens (tertiary/aromatic N) is 1. The maximum Gasteiger partial charge on any atom is 0.332 e. The number of hydrogen-bond donors (Lipinski definition) is 3. The minimum absolute atomic E-state index is 0.160. The van der Waals surface area contributed by atoms with E-state index in [4.69, 9.17) is 0 Å². The lowest BCUT2D eigenvalue weighted by Gasteiger charge is -2.45. The van der Waals surface area contributed by atoms with Gasteiger partial charge in [0, 0.05) is 19.2 Å². The predicted octanol–water partition coefficient (Wildman–Crippen LogP) is 0.493. The highest BCUT2D eigenvalue weighted by Gasteiger charge is 2.68. The van der Waals surface area contributed by atoms with Gasteiger partial charge in [0.2, 0.25) is 11.8 Å². The molecule has 0 radical (unpaired) electrons. The zero-order valence-electron chi connectivity index (χ0n) is 13.6. The number of aliphatic hydroxyl groups is 1. The third kappa shape index (κ3) is 3.04. The molecule has 3 unspecified atom stereocenters. The van der Waals surface area contributed by atoms with E-state index in [1.54, 1.807) is 17.9 Å². The average molecular weight is 374 g/mol. The van der Waals surface area contributed by atoms with Gasteiger partial charge >= 0.3 is 5.97 Å². The van der Waals surface area contributed by atoms with Gasteiger partial charge in [-0.1, -0.05) is 6.08 Å². The SMILES string of the molecule is C=CCC1N2C(=O)[C@H](C(C)O)[C@H]2SC1(SCCC(=O)NC)C(=O)O. The van der Waals surface area contributed by atoms with Gasteiger partial charge in [-0.2, -0.15) is 0 Å². The van der Waals surface area contributed by atoms with Crippen LogP contribution in [0.5, 0.6) is 0 Å². The summed E-state index contributed by atoms with van der Waals surface area (Å²) in [7, 11) is 1.53. The summed E-state index contributed by atoms with van der Waals surface area (Å²) in [6.07, 6.45) is 1.33. The fourth-order valence-electron chi connectivity index (χ4n) is 3.09. The van der Waals surface area contributed by atoms with Crippen LogP contribution in [0.4, 0.5) is 0 Å². The summed E-state index contributed by atoms with van der Waals surface area (Å²) in [5.41, 5.74) is 0. The van der Waals surface area contributed by atoms with Crippen LogP contribution < -0.4 is 5.32 Å². The number of fused-ring (bicyclic) bond motifs is 1. The number of carboxylic acids is 1. The van der Waals surface area contributed by atoms with Gasteiger partial charge in [0.05, 0.1) is 23.4 Å². The monoisotopic (exact) mass is 374 g/mol. The Hall–Kier alpha value is -1.19. The Balaban J connectivity index is 2.24. The highest BCUT2D eigenvalue weighted by atomic mass is 32.2. The predicted molar refractivity (Wildman–Crippen MR) is 93.5 cm³/mol. The van der Waals surface area contributed by atoms with Crippen LogP contribution in [0, 0.1) is 5.92 Å². The van der Waals surface area contributed by atoms with Crippen molar-refractivity contribution in [1.82, 2.24) is 10.2 Å². The molecule has 9 heteroatoms. The number of β-lactam (4-membered cyclic amide) rings is 1. The summed E-state index contributed by atoms with van der Waals surface area (Å²) < 4.78 is -1.26. The Morgan fingerprint density at radius 1 is 1.58 bits per heavy atom. The van der Waals surface area contributed by atoms with Crippen molar-refractivity contribution in [3.8, 4) is 0 Å². The summed E-state index contributed by atoms with van der Waals surface area (Å²) >= 11 is 2.37. The smallest absolute Gasteiger partial charge is 0.332 e. The number of nitrogens with one attached hydrogen (secondary N) is 1. The second-order valence-electron chi connectivity index (χ2n) is 5.80. The molecule has 0 aromatic rings. The number of aliphatic carboxylic acids is 1. The van der Waals surface area contributed by atoms with Gasteiger partial charge in [-0.3, -0.25) is 9.59 Å². The molecule has 2 fully saturated rings. The number of thioether (sulfide) groups is 2. The summed E-state index contributed by atoms with van der Waals surface area (Å²) in [5.74, 6) is -1.64. The Bertz CT molecular complexity index is 556. The third-order valence-electron chi connectivity index (χ3n) is 4.32. The quantitative estimate of drug-likeness (QED) is 0.419. The molecule has 2 heterocycles. The summed E-state index contributed by atoms with van der Waals surface area (Å²) in [6.45, 7) is 5.21. The number of amides is 2. The van der Waals surface area contributed by atoms with E-state index in [2.05, 4.69) is 11.9 Å². The van der Waals surface area contributed by atoms with Crippen LogP contribution >= 0.6 is 23.5 Å². The van der Waals surface area contributed by atoms with Crippen LogP contribution in [0.15, 0.2) is 12.7 Å². The van der Waals surface area contributed by atoms with Crippen molar-refractivity contribution >= 4 is 41.3 Å². The number of carboxylic acid groups (broad SMARTS) is 1. The summed E-state index contributed by atoms with van der Waals surface area (Å²) in [6, 6.07) is -0.542. The molecule has 2 saturated heterocycles. The number of hydrogen-bond acceptors (Lipinski definition) is 6. The zero-order chi connectivity index (χ0) is 18.1. The van der Waals surface area contributed by atoms with Gasteiger partial charge in [0.25, 0.3) is 0 Å².